The number of anilines is 1. The van der Waals surface area contributed by atoms with E-state index in [1.54, 1.807) is 16.4 Å². The van der Waals surface area contributed by atoms with Crippen molar-refractivity contribution < 1.29 is 4.79 Å². The molecule has 2 aromatic carbocycles. The standard InChI is InChI=1S/C20H20N4OS/c1-13-21-14(2)24(23-13)18-10-6-5-9-17(18)22-20(25)19-16-8-4-3-7-15(16)11-12-26-19/h3-10,19H,11-12H2,1-2H3,(H,22,25)/t19-/m1/s1. The third-order valence-corrected chi connectivity index (χ3v) is 5.74. The van der Waals surface area contributed by atoms with Crippen LogP contribution >= 0.6 is 11.8 Å². The van der Waals surface area contributed by atoms with E-state index >= 15 is 0 Å². The first-order chi connectivity index (χ1) is 12.6. The minimum absolute atomic E-state index is 0.00379. The maximum atomic E-state index is 13.0. The lowest BCUT2D eigenvalue weighted by Gasteiger charge is -2.24. The Bertz CT molecular complexity index is 966. The van der Waals surface area contributed by atoms with Crippen LogP contribution in [0.5, 0.6) is 0 Å². The van der Waals surface area contributed by atoms with E-state index in [9.17, 15) is 4.79 Å². The van der Waals surface area contributed by atoms with Crippen molar-refractivity contribution in [3.8, 4) is 5.69 Å². The first-order valence-electron chi connectivity index (χ1n) is 8.63. The zero-order valence-corrected chi connectivity index (χ0v) is 15.6. The van der Waals surface area contributed by atoms with Crippen LogP contribution in [0.25, 0.3) is 5.69 Å². The van der Waals surface area contributed by atoms with Crippen LogP contribution in [0.1, 0.15) is 28.0 Å². The lowest BCUT2D eigenvalue weighted by atomic mass is 10.0. The van der Waals surface area contributed by atoms with Gasteiger partial charge in [-0.1, -0.05) is 36.4 Å². The molecule has 0 spiro atoms. The first kappa shape index (κ1) is 16.8. The summed E-state index contributed by atoms with van der Waals surface area (Å²) in [5, 5.41) is 7.37. The van der Waals surface area contributed by atoms with Crippen molar-refractivity contribution in [3.05, 3.63) is 71.3 Å². The molecule has 0 saturated carbocycles. The van der Waals surface area contributed by atoms with E-state index in [1.807, 2.05) is 50.2 Å². The highest BCUT2D eigenvalue weighted by Crippen LogP contribution is 2.37. The third kappa shape index (κ3) is 3.12. The number of para-hydroxylation sites is 2. The van der Waals surface area contributed by atoms with Gasteiger partial charge in [-0.2, -0.15) is 5.10 Å². The van der Waals surface area contributed by atoms with E-state index in [0.29, 0.717) is 5.82 Å². The molecule has 5 nitrogen and oxygen atoms in total. The molecule has 4 rings (SSSR count). The van der Waals surface area contributed by atoms with Crippen LogP contribution in [0.15, 0.2) is 48.5 Å². The second kappa shape index (κ2) is 6.96. The minimum atomic E-state index is -0.188. The van der Waals surface area contributed by atoms with Crippen molar-refractivity contribution in [2.75, 3.05) is 11.1 Å². The van der Waals surface area contributed by atoms with Crippen molar-refractivity contribution in [1.82, 2.24) is 14.8 Å². The molecule has 1 aliphatic rings. The third-order valence-electron chi connectivity index (χ3n) is 4.50. The van der Waals surface area contributed by atoms with Gasteiger partial charge in [0.05, 0.1) is 11.4 Å². The first-order valence-corrected chi connectivity index (χ1v) is 9.68. The summed E-state index contributed by atoms with van der Waals surface area (Å²) >= 11 is 1.70. The van der Waals surface area contributed by atoms with E-state index in [-0.39, 0.29) is 11.2 Å². The summed E-state index contributed by atoms with van der Waals surface area (Å²) < 4.78 is 1.77. The fourth-order valence-electron chi connectivity index (χ4n) is 3.32. The van der Waals surface area contributed by atoms with Gasteiger partial charge in [0.15, 0.2) is 0 Å². The van der Waals surface area contributed by atoms with Crippen LogP contribution in [-0.4, -0.2) is 26.4 Å². The monoisotopic (exact) mass is 364 g/mol. The molecule has 0 aliphatic carbocycles. The number of aromatic nitrogens is 3. The number of nitrogens with one attached hydrogen (secondary N) is 1. The Morgan fingerprint density at radius 1 is 1.15 bits per heavy atom. The lowest BCUT2D eigenvalue weighted by molar-refractivity contribution is -0.115. The topological polar surface area (TPSA) is 59.8 Å². The Morgan fingerprint density at radius 2 is 1.92 bits per heavy atom. The molecule has 1 aliphatic heterocycles. The largest absolute Gasteiger partial charge is 0.323 e. The molecule has 0 radical (unpaired) electrons. The average molecular weight is 364 g/mol. The smallest absolute Gasteiger partial charge is 0.242 e. The number of hydrogen-bond donors (Lipinski definition) is 1. The Labute approximate surface area is 156 Å². The number of amides is 1. The number of thioether (sulfide) groups is 1. The van der Waals surface area contributed by atoms with Gasteiger partial charge in [-0.25, -0.2) is 9.67 Å². The van der Waals surface area contributed by atoms with Gasteiger partial charge in [0.2, 0.25) is 5.91 Å². The maximum Gasteiger partial charge on any atom is 0.242 e. The van der Waals surface area contributed by atoms with Crippen LogP contribution in [0.3, 0.4) is 0 Å². The van der Waals surface area contributed by atoms with Gasteiger partial charge in [0.25, 0.3) is 0 Å². The zero-order valence-electron chi connectivity index (χ0n) is 14.8. The van der Waals surface area contributed by atoms with Gasteiger partial charge >= 0.3 is 0 Å². The number of hydrogen-bond acceptors (Lipinski definition) is 4. The quantitative estimate of drug-likeness (QED) is 0.767. The van der Waals surface area contributed by atoms with Crippen molar-refractivity contribution in [3.63, 3.8) is 0 Å². The molecule has 0 saturated heterocycles. The molecule has 3 aromatic rings. The van der Waals surface area contributed by atoms with E-state index in [0.717, 1.165) is 34.9 Å². The fourth-order valence-corrected chi connectivity index (χ4v) is 4.52. The zero-order chi connectivity index (χ0) is 18.1. The molecule has 6 heteroatoms. The summed E-state index contributed by atoms with van der Waals surface area (Å²) in [5.74, 6) is 2.46. The summed E-state index contributed by atoms with van der Waals surface area (Å²) in [4.78, 5) is 17.4. The molecule has 0 bridgehead atoms. The van der Waals surface area contributed by atoms with Crippen molar-refractivity contribution >= 4 is 23.4 Å². The molecule has 1 amide bonds. The van der Waals surface area contributed by atoms with Crippen LogP contribution < -0.4 is 5.32 Å². The summed E-state index contributed by atoms with van der Waals surface area (Å²) in [6.07, 6.45) is 1.01. The van der Waals surface area contributed by atoms with Gasteiger partial charge in [0, 0.05) is 0 Å². The Hall–Kier alpha value is -2.60. The molecule has 1 N–H and O–H groups in total. The summed E-state index contributed by atoms with van der Waals surface area (Å²) in [6.45, 7) is 3.77. The summed E-state index contributed by atoms with van der Waals surface area (Å²) in [7, 11) is 0. The molecule has 2 heterocycles. The highest BCUT2D eigenvalue weighted by molar-refractivity contribution is 8.00. The van der Waals surface area contributed by atoms with Gasteiger partial charge in [-0.15, -0.1) is 11.8 Å². The number of benzene rings is 2. The van der Waals surface area contributed by atoms with E-state index < -0.39 is 0 Å². The predicted molar refractivity (Wildman–Crippen MR) is 105 cm³/mol. The summed E-state index contributed by atoms with van der Waals surface area (Å²) in [6, 6.07) is 15.9. The Morgan fingerprint density at radius 3 is 2.73 bits per heavy atom. The highest BCUT2D eigenvalue weighted by Gasteiger charge is 2.27. The second-order valence-corrected chi connectivity index (χ2v) is 7.54. The molecule has 0 unspecified atom stereocenters. The van der Waals surface area contributed by atoms with Crippen molar-refractivity contribution in [2.45, 2.75) is 25.5 Å². The molecule has 0 fully saturated rings. The van der Waals surface area contributed by atoms with Crippen LogP contribution in [0.4, 0.5) is 5.69 Å². The van der Waals surface area contributed by atoms with Crippen LogP contribution in [0, 0.1) is 13.8 Å². The number of carbonyl (C=O) groups excluding carboxylic acids is 1. The fraction of sp³-hybridized carbons (Fsp3) is 0.250. The van der Waals surface area contributed by atoms with Crippen LogP contribution in [0.2, 0.25) is 0 Å². The molecule has 26 heavy (non-hydrogen) atoms. The molecule has 132 valence electrons. The predicted octanol–water partition coefficient (Wildman–Crippen LogP) is 3.85. The second-order valence-electron chi connectivity index (χ2n) is 6.32. The molecule has 1 aromatic heterocycles. The molecular weight excluding hydrogens is 344 g/mol. The Kier molecular flexibility index (Phi) is 4.51. The van der Waals surface area contributed by atoms with E-state index in [4.69, 9.17) is 0 Å². The number of rotatable bonds is 3. The van der Waals surface area contributed by atoms with E-state index in [1.165, 1.54) is 5.56 Å². The average Bonchev–Trinajstić information content (AvgIpc) is 2.99. The van der Waals surface area contributed by atoms with Gasteiger partial charge in [0.1, 0.15) is 16.9 Å². The Balaban J connectivity index is 1.65. The summed E-state index contributed by atoms with van der Waals surface area (Å²) in [5.41, 5.74) is 3.95. The van der Waals surface area contributed by atoms with Gasteiger partial charge in [-0.05, 0) is 49.3 Å². The number of carbonyl (C=O) groups is 1. The minimum Gasteiger partial charge on any atom is -0.323 e. The van der Waals surface area contributed by atoms with Gasteiger partial charge < -0.3 is 5.32 Å². The SMILES string of the molecule is Cc1nc(C)n(-c2ccccc2NC(=O)[C@@H]2SCCc3ccccc32)n1. The van der Waals surface area contributed by atoms with Crippen molar-refractivity contribution in [2.24, 2.45) is 0 Å². The lowest BCUT2D eigenvalue weighted by Crippen LogP contribution is -2.23. The van der Waals surface area contributed by atoms with Gasteiger partial charge in [-0.3, -0.25) is 4.79 Å². The molecule has 1 atom stereocenters. The number of aryl methyl sites for hydroxylation is 3. The maximum absolute atomic E-state index is 13.0. The highest BCUT2D eigenvalue weighted by atomic mass is 32.2. The van der Waals surface area contributed by atoms with Crippen molar-refractivity contribution in [1.29, 1.82) is 0 Å². The number of fused-ring (bicyclic) bond motifs is 1. The molecular formula is C20H20N4OS. The normalized spacial score (nSPS) is 16.2. The van der Waals surface area contributed by atoms with E-state index in [2.05, 4.69) is 27.5 Å². The van der Waals surface area contributed by atoms with Crippen LogP contribution in [-0.2, 0) is 11.2 Å². The number of nitrogens with zero attached hydrogens (tertiary/aromatic N) is 3.